The van der Waals surface area contributed by atoms with Gasteiger partial charge >= 0.3 is 6.09 Å². The van der Waals surface area contributed by atoms with Crippen molar-refractivity contribution < 1.29 is 38.5 Å². The second kappa shape index (κ2) is 16.0. The number of ether oxygens (including phenoxy) is 3. The van der Waals surface area contributed by atoms with Gasteiger partial charge in [-0.25, -0.2) is 4.79 Å². The first-order valence-corrected chi connectivity index (χ1v) is 16.4. The van der Waals surface area contributed by atoms with Crippen LogP contribution in [0.15, 0.2) is 58.5 Å². The number of fused-ring (bicyclic) bond motifs is 5. The molecule has 4 aliphatic heterocycles. The number of aliphatic hydroxyl groups excluding tert-OH is 1. The lowest BCUT2D eigenvalue weighted by Crippen LogP contribution is -2.56. The summed E-state index contributed by atoms with van der Waals surface area (Å²) in [4.78, 5) is 55.0. The Hall–Kier alpha value is -3.58. The summed E-state index contributed by atoms with van der Waals surface area (Å²) in [7, 11) is 2.97. The average molecular weight is 655 g/mol. The number of ketones is 2. The second-order valence-corrected chi connectivity index (χ2v) is 13.3. The quantitative estimate of drug-likeness (QED) is 0.255. The van der Waals surface area contributed by atoms with Crippen molar-refractivity contribution in [3.63, 3.8) is 0 Å². The molecule has 3 saturated heterocycles. The Morgan fingerprint density at radius 2 is 1.81 bits per heavy atom. The summed E-state index contributed by atoms with van der Waals surface area (Å²) in [6.45, 7) is 9.99. The molecule has 0 aromatic heterocycles. The number of aliphatic hydroxyl groups is 1. The van der Waals surface area contributed by atoms with E-state index in [4.69, 9.17) is 19.9 Å². The van der Waals surface area contributed by atoms with Crippen LogP contribution in [0.1, 0.15) is 53.4 Å². The summed E-state index contributed by atoms with van der Waals surface area (Å²) in [6.07, 6.45) is 6.16. The molecule has 0 radical (unpaired) electrons. The summed E-state index contributed by atoms with van der Waals surface area (Å²) in [5, 5.41) is 17.5. The third-order valence-corrected chi connectivity index (χ3v) is 9.78. The molecule has 1 aliphatic carbocycles. The number of Topliss-reactive ketones (excluding diaryl/α,β-unsaturated/α-hetero) is 1. The fourth-order valence-electron chi connectivity index (χ4n) is 7.06. The summed E-state index contributed by atoms with van der Waals surface area (Å²) in [5.41, 5.74) is 6.77. The molecule has 7 atom stereocenters. The Kier molecular flexibility index (Phi) is 12.4. The van der Waals surface area contributed by atoms with Gasteiger partial charge in [-0.05, 0) is 70.0 Å². The Bertz CT molecular complexity index is 1370. The zero-order valence-electron chi connectivity index (χ0n) is 28.3. The minimum atomic E-state index is -0.991. The molecule has 4 heterocycles. The van der Waals surface area contributed by atoms with Gasteiger partial charge in [-0.15, -0.1) is 0 Å². The van der Waals surface area contributed by atoms with E-state index < -0.39 is 48.1 Å². The van der Waals surface area contributed by atoms with Gasteiger partial charge < -0.3 is 40.6 Å². The maximum atomic E-state index is 14.0. The fourth-order valence-corrected chi connectivity index (χ4v) is 7.06. The molecule has 0 aromatic carbocycles. The highest BCUT2D eigenvalue weighted by Gasteiger charge is 2.38. The van der Waals surface area contributed by atoms with Crippen molar-refractivity contribution in [3.05, 3.63) is 58.5 Å². The van der Waals surface area contributed by atoms with Crippen LogP contribution in [0.25, 0.3) is 0 Å². The van der Waals surface area contributed by atoms with Crippen molar-refractivity contribution in [2.24, 2.45) is 23.5 Å². The van der Waals surface area contributed by atoms with Gasteiger partial charge in [0, 0.05) is 49.9 Å². The molecule has 12 heteroatoms. The molecule has 4 bridgehead atoms. The first kappa shape index (κ1) is 36.3. The predicted molar refractivity (Wildman–Crippen MR) is 176 cm³/mol. The van der Waals surface area contributed by atoms with Crippen LogP contribution in [0.2, 0.25) is 0 Å². The zero-order valence-corrected chi connectivity index (χ0v) is 28.3. The van der Waals surface area contributed by atoms with Crippen LogP contribution in [-0.4, -0.2) is 97.9 Å². The molecule has 0 aromatic rings. The Morgan fingerprint density at radius 3 is 2.40 bits per heavy atom. The van der Waals surface area contributed by atoms with Crippen LogP contribution in [0.3, 0.4) is 0 Å². The van der Waals surface area contributed by atoms with Crippen molar-refractivity contribution >= 4 is 23.6 Å². The van der Waals surface area contributed by atoms with Crippen LogP contribution in [0, 0.1) is 17.8 Å². The molecular formula is C35H50N4O8. The number of rotatable bonds is 5. The number of piperidine rings is 3. The van der Waals surface area contributed by atoms with E-state index in [0.717, 1.165) is 32.5 Å². The third kappa shape index (κ3) is 8.86. The lowest BCUT2D eigenvalue weighted by Gasteiger charge is -2.45. The number of nitrogens with one attached hydrogen (secondary N) is 2. The highest BCUT2D eigenvalue weighted by Crippen LogP contribution is 2.32. The first-order chi connectivity index (χ1) is 22.3. The van der Waals surface area contributed by atoms with E-state index in [9.17, 15) is 24.3 Å². The lowest BCUT2D eigenvalue weighted by molar-refractivity contribution is -0.120. The van der Waals surface area contributed by atoms with E-state index in [-0.39, 0.29) is 41.1 Å². The number of hydrogen-bond donors (Lipinski definition) is 4. The molecule has 0 spiro atoms. The van der Waals surface area contributed by atoms with E-state index >= 15 is 0 Å². The molecule has 5 rings (SSSR count). The van der Waals surface area contributed by atoms with Crippen LogP contribution >= 0.6 is 0 Å². The molecule has 0 saturated carbocycles. The van der Waals surface area contributed by atoms with Crippen LogP contribution in [-0.2, 0) is 28.6 Å². The van der Waals surface area contributed by atoms with Crippen LogP contribution in [0.5, 0.6) is 0 Å². The molecule has 3 fully saturated rings. The number of hydrogen-bond acceptors (Lipinski definition) is 10. The summed E-state index contributed by atoms with van der Waals surface area (Å²) in [5.74, 6) is -1.52. The summed E-state index contributed by atoms with van der Waals surface area (Å²) in [6, 6.07) is 0.0493. The monoisotopic (exact) mass is 654 g/mol. The second-order valence-electron chi connectivity index (χ2n) is 13.3. The summed E-state index contributed by atoms with van der Waals surface area (Å²) >= 11 is 0. The Balaban J connectivity index is 1.72. The van der Waals surface area contributed by atoms with Gasteiger partial charge in [0.1, 0.15) is 6.10 Å². The van der Waals surface area contributed by atoms with Gasteiger partial charge in [-0.2, -0.15) is 0 Å². The van der Waals surface area contributed by atoms with Gasteiger partial charge in [0.2, 0.25) is 11.6 Å². The minimum Gasteiger partial charge on any atom is -0.439 e. The van der Waals surface area contributed by atoms with Crippen molar-refractivity contribution in [2.75, 3.05) is 33.9 Å². The van der Waals surface area contributed by atoms with Crippen molar-refractivity contribution in [2.45, 2.75) is 83.8 Å². The first-order valence-electron chi connectivity index (χ1n) is 16.4. The summed E-state index contributed by atoms with van der Waals surface area (Å²) < 4.78 is 16.7. The molecule has 2 amide bonds. The fraction of sp³-hybridized carbons (Fsp3) is 0.600. The van der Waals surface area contributed by atoms with Gasteiger partial charge in [0.05, 0.1) is 23.6 Å². The third-order valence-electron chi connectivity index (χ3n) is 9.78. The number of nitrogens with zero attached hydrogens (tertiary/aromatic N) is 1. The van der Waals surface area contributed by atoms with E-state index in [2.05, 4.69) is 15.5 Å². The zero-order chi connectivity index (χ0) is 34.4. The molecule has 258 valence electrons. The number of primary amides is 1. The average Bonchev–Trinajstić information content (AvgIpc) is 3.04. The van der Waals surface area contributed by atoms with E-state index in [1.54, 1.807) is 32.1 Å². The standard InChI is InChI=1S/C35H50N4O8/c1-19-14-24-30(37-26-18-39-12-10-23(26)11-13-39)27(40)17-25(32(24)42)38-34(43)20(2)8-7-9-28(45-5)33(47-35(36)44)22(4)16-21(3)31(41)29(15-19)46-6/h7-9,16-17,19,21,23,26,28-29,31,33,37,41H,10-15,18H2,1-6H3,(H2,36,44)(H,38,43)/b9-7-,20-8+,22-16+/t19-,21+,26?,28-,29+,31-,33+/m1/s1. The van der Waals surface area contributed by atoms with E-state index in [1.165, 1.54) is 26.4 Å². The molecule has 12 nitrogen and oxygen atoms in total. The number of carbonyl (C=O) groups is 4. The number of methoxy groups -OCH3 is 2. The maximum Gasteiger partial charge on any atom is 0.405 e. The van der Waals surface area contributed by atoms with Crippen molar-refractivity contribution in [1.29, 1.82) is 0 Å². The van der Waals surface area contributed by atoms with Crippen molar-refractivity contribution in [3.8, 4) is 0 Å². The van der Waals surface area contributed by atoms with E-state index in [1.807, 2.05) is 13.8 Å². The van der Waals surface area contributed by atoms with Gasteiger partial charge in [-0.3, -0.25) is 14.4 Å². The number of amides is 2. The van der Waals surface area contributed by atoms with Gasteiger partial charge in [0.25, 0.3) is 5.91 Å². The number of carbonyl (C=O) groups excluding carboxylic acids is 4. The predicted octanol–water partition coefficient (Wildman–Crippen LogP) is 2.45. The molecule has 1 unspecified atom stereocenters. The normalized spacial score (nSPS) is 37.2. The number of allylic oxidation sites excluding steroid dienone is 4. The molecule has 5 N–H and O–H groups in total. The van der Waals surface area contributed by atoms with Crippen molar-refractivity contribution in [1.82, 2.24) is 15.5 Å². The van der Waals surface area contributed by atoms with Crippen LogP contribution < -0.4 is 16.4 Å². The Labute approximate surface area is 277 Å². The highest BCUT2D eigenvalue weighted by atomic mass is 16.6. The van der Waals surface area contributed by atoms with Gasteiger partial charge in [-0.1, -0.05) is 38.2 Å². The molecular weight excluding hydrogens is 604 g/mol. The smallest absolute Gasteiger partial charge is 0.405 e. The SMILES string of the molecule is CO[C@H]1C[C@H](C)CC2=C(NC3CN4CCC3CC4)C(=O)C=C(NC(=O)/C(C)=C/C=C\[C@@H](OC)[C@@H](OC(N)=O)/C(C)=C/[C@H](C)[C@H]1O)C2=O. The minimum absolute atomic E-state index is 0.0493. The van der Waals surface area contributed by atoms with E-state index in [0.29, 0.717) is 23.5 Å². The maximum absolute atomic E-state index is 14.0. The van der Waals surface area contributed by atoms with Crippen LogP contribution in [0.4, 0.5) is 4.79 Å². The number of nitrogens with two attached hydrogens (primary N) is 1. The van der Waals surface area contributed by atoms with Gasteiger partial charge in [0.15, 0.2) is 6.10 Å². The molecule has 47 heavy (non-hydrogen) atoms. The lowest BCUT2D eigenvalue weighted by atomic mass is 9.82. The highest BCUT2D eigenvalue weighted by molar-refractivity contribution is 6.23. The largest absolute Gasteiger partial charge is 0.439 e. The molecule has 5 aliphatic rings. The Morgan fingerprint density at radius 1 is 1.11 bits per heavy atom. The topological polar surface area (TPSA) is 170 Å².